The van der Waals surface area contributed by atoms with Gasteiger partial charge in [0.2, 0.25) is 0 Å². The Morgan fingerprint density at radius 2 is 1.96 bits per heavy atom. The SMILES string of the molecule is C[C@@H]1CCN(C(=O)NCCCS(=O)(=O)c2ccccc2)[C@H](C)C1. The lowest BCUT2D eigenvalue weighted by molar-refractivity contribution is 0.140. The van der Waals surface area contributed by atoms with E-state index in [1.54, 1.807) is 30.3 Å². The average molecular weight is 338 g/mol. The van der Waals surface area contributed by atoms with Crippen LogP contribution in [-0.2, 0) is 9.84 Å². The molecule has 5 nitrogen and oxygen atoms in total. The molecule has 1 aromatic carbocycles. The molecule has 1 N–H and O–H groups in total. The molecule has 23 heavy (non-hydrogen) atoms. The summed E-state index contributed by atoms with van der Waals surface area (Å²) in [6, 6.07) is 8.59. The number of benzene rings is 1. The Morgan fingerprint density at radius 1 is 1.26 bits per heavy atom. The van der Waals surface area contributed by atoms with Crippen molar-refractivity contribution in [1.29, 1.82) is 0 Å². The number of carbonyl (C=O) groups excluding carboxylic acids is 1. The van der Waals surface area contributed by atoms with E-state index in [4.69, 9.17) is 0 Å². The molecule has 1 aromatic rings. The largest absolute Gasteiger partial charge is 0.338 e. The van der Waals surface area contributed by atoms with Crippen molar-refractivity contribution in [3.63, 3.8) is 0 Å². The van der Waals surface area contributed by atoms with Crippen LogP contribution in [0.25, 0.3) is 0 Å². The van der Waals surface area contributed by atoms with Crippen LogP contribution in [0.15, 0.2) is 35.2 Å². The smallest absolute Gasteiger partial charge is 0.317 e. The van der Waals surface area contributed by atoms with Crippen molar-refractivity contribution >= 4 is 15.9 Å². The first kappa shape index (κ1) is 17.8. The molecule has 0 spiro atoms. The molecule has 1 fully saturated rings. The zero-order valence-electron chi connectivity index (χ0n) is 13.9. The number of piperidine rings is 1. The lowest BCUT2D eigenvalue weighted by Gasteiger charge is -2.36. The summed E-state index contributed by atoms with van der Waals surface area (Å²) >= 11 is 0. The predicted octanol–water partition coefficient (Wildman–Crippen LogP) is 2.68. The average Bonchev–Trinajstić information content (AvgIpc) is 2.52. The minimum absolute atomic E-state index is 0.0455. The highest BCUT2D eigenvalue weighted by Crippen LogP contribution is 2.21. The van der Waals surface area contributed by atoms with Crippen molar-refractivity contribution in [2.75, 3.05) is 18.8 Å². The molecule has 0 unspecified atom stereocenters. The van der Waals surface area contributed by atoms with E-state index in [1.165, 1.54) is 0 Å². The van der Waals surface area contributed by atoms with Crippen LogP contribution in [-0.4, -0.2) is 44.2 Å². The zero-order chi connectivity index (χ0) is 16.9. The van der Waals surface area contributed by atoms with Crippen LogP contribution in [0, 0.1) is 5.92 Å². The minimum atomic E-state index is -3.27. The van der Waals surface area contributed by atoms with Crippen molar-refractivity contribution < 1.29 is 13.2 Å². The summed E-state index contributed by atoms with van der Waals surface area (Å²) in [7, 11) is -3.27. The van der Waals surface area contributed by atoms with Gasteiger partial charge in [-0.05, 0) is 44.2 Å². The van der Waals surface area contributed by atoms with Crippen LogP contribution in [0.5, 0.6) is 0 Å². The van der Waals surface area contributed by atoms with Gasteiger partial charge in [-0.25, -0.2) is 13.2 Å². The Balaban J connectivity index is 1.76. The van der Waals surface area contributed by atoms with Gasteiger partial charge in [-0.2, -0.15) is 0 Å². The van der Waals surface area contributed by atoms with Crippen LogP contribution in [0.4, 0.5) is 4.79 Å². The monoisotopic (exact) mass is 338 g/mol. The van der Waals surface area contributed by atoms with E-state index in [0.717, 1.165) is 19.4 Å². The van der Waals surface area contributed by atoms with Crippen LogP contribution in [0.2, 0.25) is 0 Å². The molecule has 2 rings (SSSR count). The van der Waals surface area contributed by atoms with Gasteiger partial charge in [0.05, 0.1) is 10.6 Å². The topological polar surface area (TPSA) is 66.5 Å². The molecule has 1 aliphatic heterocycles. The maximum atomic E-state index is 12.2. The predicted molar refractivity (Wildman–Crippen MR) is 91.1 cm³/mol. The summed E-state index contributed by atoms with van der Waals surface area (Å²) in [6.07, 6.45) is 2.47. The van der Waals surface area contributed by atoms with Gasteiger partial charge in [0, 0.05) is 19.1 Å². The van der Waals surface area contributed by atoms with E-state index >= 15 is 0 Å². The Morgan fingerprint density at radius 3 is 2.61 bits per heavy atom. The van der Waals surface area contributed by atoms with E-state index in [1.807, 2.05) is 4.90 Å². The number of carbonyl (C=O) groups is 1. The third-order valence-corrected chi connectivity index (χ3v) is 6.18. The fraction of sp³-hybridized carbons (Fsp3) is 0.588. The Labute approximate surface area is 139 Å². The Kier molecular flexibility index (Phi) is 6.04. The standard InChI is InChI=1S/C17H26N2O3S/c1-14-9-11-19(15(2)13-14)17(20)18-10-6-12-23(21,22)16-7-4-3-5-8-16/h3-5,7-8,14-15H,6,9-13H2,1-2H3,(H,18,20)/t14-,15-/m1/s1. The summed E-state index contributed by atoms with van der Waals surface area (Å²) < 4.78 is 24.3. The van der Waals surface area contributed by atoms with Gasteiger partial charge in [0.1, 0.15) is 0 Å². The molecule has 6 heteroatoms. The van der Waals surface area contributed by atoms with E-state index in [-0.39, 0.29) is 17.8 Å². The second kappa shape index (κ2) is 7.81. The molecule has 2 amide bonds. The van der Waals surface area contributed by atoms with Gasteiger partial charge >= 0.3 is 6.03 Å². The third-order valence-electron chi connectivity index (χ3n) is 4.37. The maximum absolute atomic E-state index is 12.2. The Bertz CT molecular complexity index is 616. The van der Waals surface area contributed by atoms with Crippen LogP contribution in [0.3, 0.4) is 0 Å². The normalized spacial score (nSPS) is 21.9. The van der Waals surface area contributed by atoms with Gasteiger partial charge < -0.3 is 10.2 Å². The lowest BCUT2D eigenvalue weighted by Crippen LogP contribution is -2.49. The van der Waals surface area contributed by atoms with Gasteiger partial charge in [0.25, 0.3) is 0 Å². The molecular formula is C17H26N2O3S. The lowest BCUT2D eigenvalue weighted by atomic mass is 9.94. The first-order valence-corrected chi connectivity index (χ1v) is 9.87. The fourth-order valence-electron chi connectivity index (χ4n) is 3.01. The highest BCUT2D eigenvalue weighted by atomic mass is 32.2. The quantitative estimate of drug-likeness (QED) is 0.840. The van der Waals surface area contributed by atoms with Gasteiger partial charge in [-0.15, -0.1) is 0 Å². The highest BCUT2D eigenvalue weighted by Gasteiger charge is 2.26. The first-order chi connectivity index (χ1) is 10.9. The van der Waals surface area contributed by atoms with Crippen molar-refractivity contribution in [3.05, 3.63) is 30.3 Å². The minimum Gasteiger partial charge on any atom is -0.338 e. The molecule has 0 bridgehead atoms. The van der Waals surface area contributed by atoms with E-state index in [2.05, 4.69) is 19.2 Å². The maximum Gasteiger partial charge on any atom is 0.317 e. The summed E-state index contributed by atoms with van der Waals surface area (Å²) in [5.74, 6) is 0.703. The summed E-state index contributed by atoms with van der Waals surface area (Å²) in [6.45, 7) is 5.43. The van der Waals surface area contributed by atoms with Crippen molar-refractivity contribution in [2.24, 2.45) is 5.92 Å². The van der Waals surface area contributed by atoms with Crippen molar-refractivity contribution in [3.8, 4) is 0 Å². The Hall–Kier alpha value is -1.56. The number of likely N-dealkylation sites (tertiary alicyclic amines) is 1. The molecule has 0 aliphatic carbocycles. The number of nitrogens with zero attached hydrogens (tertiary/aromatic N) is 1. The molecule has 0 aromatic heterocycles. The zero-order valence-corrected chi connectivity index (χ0v) is 14.7. The summed E-state index contributed by atoms with van der Waals surface area (Å²) in [4.78, 5) is 14.4. The second-order valence-electron chi connectivity index (χ2n) is 6.39. The van der Waals surface area contributed by atoms with Crippen molar-refractivity contribution in [1.82, 2.24) is 10.2 Å². The number of sulfone groups is 1. The van der Waals surface area contributed by atoms with E-state index in [9.17, 15) is 13.2 Å². The fourth-order valence-corrected chi connectivity index (χ4v) is 4.35. The number of hydrogen-bond acceptors (Lipinski definition) is 3. The number of urea groups is 1. The van der Waals surface area contributed by atoms with Crippen LogP contribution >= 0.6 is 0 Å². The van der Waals surface area contributed by atoms with E-state index < -0.39 is 9.84 Å². The molecular weight excluding hydrogens is 312 g/mol. The summed E-state index contributed by atoms with van der Waals surface area (Å²) in [5.41, 5.74) is 0. The number of nitrogens with one attached hydrogen (secondary N) is 1. The van der Waals surface area contributed by atoms with E-state index in [0.29, 0.717) is 23.8 Å². The molecule has 1 aliphatic rings. The molecule has 1 heterocycles. The molecule has 0 saturated carbocycles. The molecule has 128 valence electrons. The van der Waals surface area contributed by atoms with Gasteiger partial charge in [-0.1, -0.05) is 25.1 Å². The first-order valence-electron chi connectivity index (χ1n) is 8.22. The highest BCUT2D eigenvalue weighted by molar-refractivity contribution is 7.91. The number of amides is 2. The van der Waals surface area contributed by atoms with Gasteiger partial charge in [-0.3, -0.25) is 0 Å². The van der Waals surface area contributed by atoms with Crippen LogP contribution < -0.4 is 5.32 Å². The van der Waals surface area contributed by atoms with Gasteiger partial charge in [0.15, 0.2) is 9.84 Å². The number of rotatable bonds is 5. The summed E-state index contributed by atoms with van der Waals surface area (Å²) in [5, 5.41) is 2.84. The number of hydrogen-bond donors (Lipinski definition) is 1. The van der Waals surface area contributed by atoms with Crippen LogP contribution in [0.1, 0.15) is 33.1 Å². The third kappa shape index (κ3) is 4.96. The second-order valence-corrected chi connectivity index (χ2v) is 8.50. The van der Waals surface area contributed by atoms with Crippen molar-refractivity contribution in [2.45, 2.75) is 44.0 Å². The molecule has 1 saturated heterocycles. The molecule has 2 atom stereocenters. The molecule has 0 radical (unpaired) electrons.